The number of sulfonamides is 2. The summed E-state index contributed by atoms with van der Waals surface area (Å²) < 4.78 is 91.9. The number of anilines is 1. The summed E-state index contributed by atoms with van der Waals surface area (Å²) >= 11 is 0. The first-order chi connectivity index (χ1) is 14.9. The van der Waals surface area contributed by atoms with Gasteiger partial charge < -0.3 is 5.32 Å². The fourth-order valence-corrected chi connectivity index (χ4v) is 5.10. The Morgan fingerprint density at radius 2 is 1.56 bits per heavy atom. The summed E-state index contributed by atoms with van der Waals surface area (Å²) in [4.78, 5) is 11.5. The smallest absolute Gasteiger partial charge is 0.326 e. The van der Waals surface area contributed by atoms with Gasteiger partial charge in [0.15, 0.2) is 0 Å². The van der Waals surface area contributed by atoms with Crippen molar-refractivity contribution >= 4 is 31.6 Å². The fraction of sp³-hybridized carbons (Fsp3) is 0.316. The topological polar surface area (TPSA) is 121 Å². The molecule has 0 bridgehead atoms. The van der Waals surface area contributed by atoms with E-state index in [2.05, 4.69) is 14.8 Å². The number of benzene rings is 2. The van der Waals surface area contributed by atoms with Crippen molar-refractivity contribution in [2.24, 2.45) is 0 Å². The van der Waals surface area contributed by atoms with Crippen LogP contribution >= 0.6 is 0 Å². The van der Waals surface area contributed by atoms with E-state index in [1.54, 1.807) is 0 Å². The minimum absolute atomic E-state index is 0.0209. The van der Waals surface area contributed by atoms with Gasteiger partial charge in [-0.3, -0.25) is 4.79 Å². The van der Waals surface area contributed by atoms with E-state index in [-0.39, 0.29) is 29.6 Å². The van der Waals surface area contributed by atoms with E-state index in [9.17, 15) is 34.8 Å². The molecular weight excluding hydrogens is 471 g/mol. The van der Waals surface area contributed by atoms with Gasteiger partial charge in [0.2, 0.25) is 26.0 Å². The van der Waals surface area contributed by atoms with Crippen LogP contribution in [0.15, 0.2) is 58.3 Å². The minimum Gasteiger partial charge on any atom is -0.326 e. The molecule has 3 rings (SSSR count). The normalized spacial score (nSPS) is 14.8. The Bertz CT molecular complexity index is 1210. The predicted octanol–water partition coefficient (Wildman–Crippen LogP) is 2.45. The van der Waals surface area contributed by atoms with Gasteiger partial charge in [-0.05, 0) is 49.2 Å². The van der Waals surface area contributed by atoms with Gasteiger partial charge >= 0.3 is 6.18 Å². The summed E-state index contributed by atoms with van der Waals surface area (Å²) in [5, 5.41) is 2.46. The molecule has 8 nitrogen and oxygen atoms in total. The van der Waals surface area contributed by atoms with Crippen LogP contribution in [0, 0.1) is 0 Å². The van der Waals surface area contributed by atoms with Gasteiger partial charge in [-0.25, -0.2) is 26.3 Å². The number of hydrogen-bond donors (Lipinski definition) is 3. The highest BCUT2D eigenvalue weighted by Gasteiger charge is 2.31. The predicted molar refractivity (Wildman–Crippen MR) is 110 cm³/mol. The molecule has 1 fully saturated rings. The molecule has 1 amide bonds. The van der Waals surface area contributed by atoms with Gasteiger partial charge in [-0.15, -0.1) is 0 Å². The molecule has 0 unspecified atom stereocenters. The largest absolute Gasteiger partial charge is 0.416 e. The molecule has 0 aliphatic heterocycles. The second kappa shape index (κ2) is 9.17. The molecule has 1 saturated carbocycles. The minimum atomic E-state index is -4.69. The molecule has 2 aromatic carbocycles. The molecule has 174 valence electrons. The fourth-order valence-electron chi connectivity index (χ4n) is 2.67. The van der Waals surface area contributed by atoms with Crippen LogP contribution in [0.3, 0.4) is 0 Å². The summed E-state index contributed by atoms with van der Waals surface area (Å²) in [5.74, 6) is -0.610. The van der Waals surface area contributed by atoms with Crippen LogP contribution in [0.1, 0.15) is 24.8 Å². The molecule has 13 heteroatoms. The van der Waals surface area contributed by atoms with Crippen molar-refractivity contribution in [3.8, 4) is 0 Å². The number of amides is 1. The molecule has 0 heterocycles. The summed E-state index contributed by atoms with van der Waals surface area (Å²) in [6.07, 6.45) is -3.48. The molecule has 2 aromatic rings. The highest BCUT2D eigenvalue weighted by molar-refractivity contribution is 7.89. The molecule has 0 saturated heterocycles. The van der Waals surface area contributed by atoms with E-state index in [0.29, 0.717) is 6.07 Å². The second-order valence-corrected chi connectivity index (χ2v) is 10.6. The van der Waals surface area contributed by atoms with E-state index in [0.717, 1.165) is 31.0 Å². The van der Waals surface area contributed by atoms with Crippen molar-refractivity contribution in [1.82, 2.24) is 9.44 Å². The van der Waals surface area contributed by atoms with Crippen LogP contribution in [0.25, 0.3) is 0 Å². The zero-order valence-corrected chi connectivity index (χ0v) is 18.1. The quantitative estimate of drug-likeness (QED) is 0.498. The molecule has 0 spiro atoms. The molecule has 0 atom stereocenters. The number of halogens is 3. The Kier molecular flexibility index (Phi) is 6.93. The Morgan fingerprint density at radius 3 is 2.19 bits per heavy atom. The van der Waals surface area contributed by atoms with E-state index in [4.69, 9.17) is 0 Å². The summed E-state index contributed by atoms with van der Waals surface area (Å²) in [6.45, 7) is -0.369. The molecule has 1 aliphatic rings. The first-order valence-corrected chi connectivity index (χ1v) is 12.4. The van der Waals surface area contributed by atoms with E-state index >= 15 is 0 Å². The number of carbonyl (C=O) groups is 1. The average molecular weight is 492 g/mol. The van der Waals surface area contributed by atoms with Crippen LogP contribution < -0.4 is 14.8 Å². The van der Waals surface area contributed by atoms with Gasteiger partial charge in [0, 0.05) is 24.7 Å². The maximum Gasteiger partial charge on any atom is 0.416 e. The molecule has 32 heavy (non-hydrogen) atoms. The van der Waals surface area contributed by atoms with Crippen LogP contribution in [-0.2, 0) is 31.0 Å². The van der Waals surface area contributed by atoms with Gasteiger partial charge in [-0.1, -0.05) is 12.1 Å². The Balaban J connectivity index is 1.57. The van der Waals surface area contributed by atoms with E-state index < -0.39 is 42.6 Å². The standard InChI is InChI=1S/C19H20F3N3O5S2/c20-19(21,22)13-3-1-5-16(11-13)31(27,28)23-10-9-18(26)24-15-4-2-6-17(12-15)32(29,30)25-14-7-8-14/h1-6,11-12,14,23,25H,7-10H2,(H,24,26). The van der Waals surface area contributed by atoms with Crippen LogP contribution in [0.4, 0.5) is 18.9 Å². The molecule has 0 radical (unpaired) electrons. The third-order valence-corrected chi connectivity index (χ3v) is 7.42. The first kappa shape index (κ1) is 24.2. The lowest BCUT2D eigenvalue weighted by atomic mass is 10.2. The van der Waals surface area contributed by atoms with Gasteiger partial charge in [0.1, 0.15) is 0 Å². The van der Waals surface area contributed by atoms with Crippen molar-refractivity contribution in [2.75, 3.05) is 11.9 Å². The van der Waals surface area contributed by atoms with Crippen LogP contribution in [0.2, 0.25) is 0 Å². The van der Waals surface area contributed by atoms with Crippen molar-refractivity contribution in [3.05, 3.63) is 54.1 Å². The lowest BCUT2D eigenvalue weighted by Gasteiger charge is -2.11. The molecule has 0 aromatic heterocycles. The maximum atomic E-state index is 12.8. The Hall–Kier alpha value is -2.48. The Morgan fingerprint density at radius 1 is 0.938 bits per heavy atom. The number of carbonyl (C=O) groups excluding carboxylic acids is 1. The van der Waals surface area contributed by atoms with E-state index in [1.807, 2.05) is 0 Å². The zero-order valence-electron chi connectivity index (χ0n) is 16.5. The van der Waals surface area contributed by atoms with Crippen LogP contribution in [-0.4, -0.2) is 35.3 Å². The number of alkyl halides is 3. The van der Waals surface area contributed by atoms with Crippen molar-refractivity contribution in [2.45, 2.75) is 41.3 Å². The zero-order chi connectivity index (χ0) is 23.6. The molecular formula is C19H20F3N3O5S2. The van der Waals surface area contributed by atoms with Gasteiger partial charge in [0.25, 0.3) is 0 Å². The number of rotatable bonds is 9. The Labute approximate surface area is 183 Å². The SMILES string of the molecule is O=C(CCNS(=O)(=O)c1cccc(C(F)(F)F)c1)Nc1cccc(S(=O)(=O)NC2CC2)c1. The maximum absolute atomic E-state index is 12.8. The third-order valence-electron chi connectivity index (χ3n) is 4.44. The second-order valence-electron chi connectivity index (χ2n) is 7.14. The highest BCUT2D eigenvalue weighted by Crippen LogP contribution is 2.30. The summed E-state index contributed by atoms with van der Waals surface area (Å²) in [5.41, 5.74) is -0.904. The van der Waals surface area contributed by atoms with Crippen molar-refractivity contribution in [3.63, 3.8) is 0 Å². The number of nitrogens with one attached hydrogen (secondary N) is 3. The summed E-state index contributed by atoms with van der Waals surface area (Å²) in [6, 6.07) is 8.74. The monoisotopic (exact) mass is 491 g/mol. The van der Waals surface area contributed by atoms with Gasteiger partial charge in [0.05, 0.1) is 15.4 Å². The molecule has 1 aliphatic carbocycles. The lowest BCUT2D eigenvalue weighted by Crippen LogP contribution is -2.28. The number of hydrogen-bond acceptors (Lipinski definition) is 5. The molecule has 3 N–H and O–H groups in total. The highest BCUT2D eigenvalue weighted by atomic mass is 32.2. The van der Waals surface area contributed by atoms with Crippen molar-refractivity contribution in [1.29, 1.82) is 0 Å². The van der Waals surface area contributed by atoms with Gasteiger partial charge in [-0.2, -0.15) is 13.2 Å². The summed E-state index contributed by atoms with van der Waals surface area (Å²) in [7, 11) is -7.97. The average Bonchev–Trinajstić information content (AvgIpc) is 3.51. The van der Waals surface area contributed by atoms with Crippen LogP contribution in [0.5, 0.6) is 0 Å². The van der Waals surface area contributed by atoms with E-state index in [1.165, 1.54) is 24.3 Å². The third kappa shape index (κ3) is 6.51. The van der Waals surface area contributed by atoms with Crippen molar-refractivity contribution < 1.29 is 34.8 Å². The lowest BCUT2D eigenvalue weighted by molar-refractivity contribution is -0.137. The first-order valence-electron chi connectivity index (χ1n) is 9.46.